The van der Waals surface area contributed by atoms with Gasteiger partial charge in [-0.2, -0.15) is 0 Å². The van der Waals surface area contributed by atoms with E-state index in [2.05, 4.69) is 50.2 Å². The summed E-state index contributed by atoms with van der Waals surface area (Å²) in [5, 5.41) is 4.29. The molecule has 0 saturated carbocycles. The van der Waals surface area contributed by atoms with E-state index in [1.807, 2.05) is 30.3 Å². The van der Waals surface area contributed by atoms with Gasteiger partial charge in [0, 0.05) is 15.6 Å². The predicted molar refractivity (Wildman–Crippen MR) is 96.5 cm³/mol. The molecule has 0 spiro atoms. The van der Waals surface area contributed by atoms with Crippen LogP contribution in [0.15, 0.2) is 45.3 Å². The third-order valence-electron chi connectivity index (χ3n) is 3.23. The number of anilines is 1. The molecule has 1 atom stereocenters. The number of hydrogen-bond donors (Lipinski definition) is 1. The summed E-state index contributed by atoms with van der Waals surface area (Å²) in [6, 6.07) is 12.1. The highest BCUT2D eigenvalue weighted by molar-refractivity contribution is 9.11. The quantitative estimate of drug-likeness (QED) is 0.586. The normalized spacial score (nSPS) is 12.0. The van der Waals surface area contributed by atoms with Gasteiger partial charge in [0.1, 0.15) is 5.75 Å². The highest BCUT2D eigenvalue weighted by Crippen LogP contribution is 2.36. The van der Waals surface area contributed by atoms with Crippen molar-refractivity contribution in [2.45, 2.75) is 19.4 Å². The van der Waals surface area contributed by atoms with E-state index < -0.39 is 0 Å². The Kier molecular flexibility index (Phi) is 5.97. The minimum absolute atomic E-state index is 0.186. The number of ether oxygens (including phenoxy) is 1. The number of methoxy groups -OCH3 is 1. The molecular formula is C16H16Br2ClNO. The zero-order valence-corrected chi connectivity index (χ0v) is 15.7. The van der Waals surface area contributed by atoms with Gasteiger partial charge in [-0.15, -0.1) is 0 Å². The Balaban J connectivity index is 2.30. The smallest absolute Gasteiger partial charge is 0.135 e. The topological polar surface area (TPSA) is 21.3 Å². The molecule has 2 nitrogen and oxygen atoms in total. The van der Waals surface area contributed by atoms with Gasteiger partial charge in [-0.25, -0.2) is 0 Å². The molecule has 0 radical (unpaired) electrons. The minimum Gasteiger partial charge on any atom is -0.495 e. The Morgan fingerprint density at radius 3 is 2.57 bits per heavy atom. The van der Waals surface area contributed by atoms with Crippen LogP contribution in [0.1, 0.15) is 24.9 Å². The summed E-state index contributed by atoms with van der Waals surface area (Å²) in [4.78, 5) is 0. The first kappa shape index (κ1) is 16.7. The van der Waals surface area contributed by atoms with Gasteiger partial charge in [0.15, 0.2) is 0 Å². The first-order valence-corrected chi connectivity index (χ1v) is 8.56. The van der Waals surface area contributed by atoms with Gasteiger partial charge in [-0.05, 0) is 62.0 Å². The Labute approximate surface area is 147 Å². The lowest BCUT2D eigenvalue weighted by atomic mass is 10.0. The van der Waals surface area contributed by atoms with Crippen molar-refractivity contribution in [3.05, 3.63) is 55.9 Å². The van der Waals surface area contributed by atoms with Gasteiger partial charge in [0.05, 0.1) is 23.3 Å². The second-order valence-electron chi connectivity index (χ2n) is 4.63. The van der Waals surface area contributed by atoms with Crippen LogP contribution >= 0.6 is 43.5 Å². The van der Waals surface area contributed by atoms with E-state index in [1.165, 1.54) is 5.56 Å². The summed E-state index contributed by atoms with van der Waals surface area (Å²) in [5.41, 5.74) is 2.15. The second-order valence-corrected chi connectivity index (χ2v) is 6.77. The Morgan fingerprint density at radius 2 is 1.95 bits per heavy atom. The minimum atomic E-state index is 0.186. The summed E-state index contributed by atoms with van der Waals surface area (Å²) in [6.07, 6.45) is 0.950. The average molecular weight is 434 g/mol. The highest BCUT2D eigenvalue weighted by atomic mass is 79.9. The van der Waals surface area contributed by atoms with Crippen LogP contribution in [-0.4, -0.2) is 7.11 Å². The van der Waals surface area contributed by atoms with E-state index in [9.17, 15) is 0 Å². The van der Waals surface area contributed by atoms with Crippen LogP contribution < -0.4 is 10.1 Å². The highest BCUT2D eigenvalue weighted by Gasteiger charge is 2.13. The largest absolute Gasteiger partial charge is 0.495 e. The standard InChI is InChI=1S/C16H16Br2ClNO/c1-3-14(10-5-4-6-11(19)7-10)20-15-9-16(21-2)13(18)8-12(15)17/h4-9,14,20H,3H2,1-2H3. The molecule has 0 heterocycles. The van der Waals surface area contributed by atoms with E-state index in [0.29, 0.717) is 0 Å². The lowest BCUT2D eigenvalue weighted by Gasteiger charge is -2.21. The van der Waals surface area contributed by atoms with Crippen LogP contribution in [0.2, 0.25) is 5.02 Å². The summed E-state index contributed by atoms with van der Waals surface area (Å²) in [7, 11) is 1.66. The molecule has 21 heavy (non-hydrogen) atoms. The van der Waals surface area contributed by atoms with Gasteiger partial charge in [0.2, 0.25) is 0 Å². The summed E-state index contributed by atoms with van der Waals surface area (Å²) in [5.74, 6) is 0.793. The van der Waals surface area contributed by atoms with Crippen molar-refractivity contribution in [3.8, 4) is 5.75 Å². The number of nitrogens with one attached hydrogen (secondary N) is 1. The summed E-state index contributed by atoms with van der Waals surface area (Å²) >= 11 is 13.1. The van der Waals surface area contributed by atoms with Gasteiger partial charge >= 0.3 is 0 Å². The molecule has 2 aromatic carbocycles. The third kappa shape index (κ3) is 4.15. The molecule has 0 aliphatic carbocycles. The zero-order chi connectivity index (χ0) is 15.4. The first-order chi connectivity index (χ1) is 10.0. The molecule has 0 aromatic heterocycles. The lowest BCUT2D eigenvalue weighted by Crippen LogP contribution is -2.10. The van der Waals surface area contributed by atoms with Gasteiger partial charge in [-0.1, -0.05) is 30.7 Å². The van der Waals surface area contributed by atoms with Crippen molar-refractivity contribution in [1.82, 2.24) is 0 Å². The molecule has 0 saturated heterocycles. The van der Waals surface area contributed by atoms with Gasteiger partial charge in [0.25, 0.3) is 0 Å². The van der Waals surface area contributed by atoms with E-state index in [-0.39, 0.29) is 6.04 Å². The molecule has 2 rings (SSSR count). The maximum Gasteiger partial charge on any atom is 0.135 e. The first-order valence-electron chi connectivity index (χ1n) is 6.60. The van der Waals surface area contributed by atoms with E-state index in [4.69, 9.17) is 16.3 Å². The Bertz CT molecular complexity index is 634. The van der Waals surface area contributed by atoms with Crippen LogP contribution in [0, 0.1) is 0 Å². The molecule has 2 aromatic rings. The molecule has 0 amide bonds. The fraction of sp³-hybridized carbons (Fsp3) is 0.250. The van der Waals surface area contributed by atoms with Crippen molar-refractivity contribution in [2.24, 2.45) is 0 Å². The van der Waals surface area contributed by atoms with E-state index >= 15 is 0 Å². The van der Waals surface area contributed by atoms with Crippen LogP contribution in [0.5, 0.6) is 5.75 Å². The fourth-order valence-corrected chi connectivity index (χ4v) is 3.60. The molecule has 0 aliphatic rings. The number of hydrogen-bond acceptors (Lipinski definition) is 2. The maximum atomic E-state index is 6.09. The van der Waals surface area contributed by atoms with Crippen molar-refractivity contribution in [1.29, 1.82) is 0 Å². The predicted octanol–water partition coefficient (Wildman–Crippen LogP) is 6.44. The third-order valence-corrected chi connectivity index (χ3v) is 4.74. The lowest BCUT2D eigenvalue weighted by molar-refractivity contribution is 0.412. The van der Waals surface area contributed by atoms with Crippen molar-refractivity contribution >= 4 is 49.1 Å². The Morgan fingerprint density at radius 1 is 1.19 bits per heavy atom. The molecule has 0 fully saturated rings. The zero-order valence-electron chi connectivity index (χ0n) is 11.8. The summed E-state index contributed by atoms with van der Waals surface area (Å²) < 4.78 is 7.25. The monoisotopic (exact) mass is 431 g/mol. The van der Waals surface area contributed by atoms with Crippen LogP contribution in [0.25, 0.3) is 0 Å². The van der Waals surface area contributed by atoms with E-state index in [0.717, 1.165) is 31.8 Å². The van der Waals surface area contributed by atoms with Gasteiger partial charge in [-0.3, -0.25) is 0 Å². The molecule has 1 unspecified atom stereocenters. The maximum absolute atomic E-state index is 6.09. The molecule has 0 aliphatic heterocycles. The molecule has 0 bridgehead atoms. The fourth-order valence-electron chi connectivity index (χ4n) is 2.13. The van der Waals surface area contributed by atoms with Crippen molar-refractivity contribution in [3.63, 3.8) is 0 Å². The SMILES string of the molecule is CCC(Nc1cc(OC)c(Br)cc1Br)c1cccc(Cl)c1. The molecular weight excluding hydrogens is 417 g/mol. The van der Waals surface area contributed by atoms with Gasteiger partial charge < -0.3 is 10.1 Å². The van der Waals surface area contributed by atoms with Crippen LogP contribution in [0.3, 0.4) is 0 Å². The molecule has 112 valence electrons. The molecule has 5 heteroatoms. The van der Waals surface area contributed by atoms with Crippen molar-refractivity contribution < 1.29 is 4.74 Å². The van der Waals surface area contributed by atoms with Crippen LogP contribution in [-0.2, 0) is 0 Å². The molecule has 1 N–H and O–H groups in total. The van der Waals surface area contributed by atoms with Crippen molar-refractivity contribution in [2.75, 3.05) is 12.4 Å². The Hall–Kier alpha value is -0.710. The number of benzene rings is 2. The van der Waals surface area contributed by atoms with E-state index in [1.54, 1.807) is 7.11 Å². The second kappa shape index (κ2) is 7.52. The average Bonchev–Trinajstić information content (AvgIpc) is 2.46. The number of halogens is 3. The number of rotatable bonds is 5. The summed E-state index contributed by atoms with van der Waals surface area (Å²) in [6.45, 7) is 2.14. The van der Waals surface area contributed by atoms with Crippen LogP contribution in [0.4, 0.5) is 5.69 Å².